The molecule has 0 aliphatic carbocycles. The normalized spacial score (nSPS) is 23.1. The molecule has 1 N–H and O–H groups in total. The zero-order valence-electron chi connectivity index (χ0n) is 8.57. The Balaban J connectivity index is 2.36. The Kier molecular flexibility index (Phi) is 3.33. The van der Waals surface area contributed by atoms with Crippen molar-refractivity contribution in [3.63, 3.8) is 0 Å². The van der Waals surface area contributed by atoms with E-state index in [0.29, 0.717) is 11.3 Å². The van der Waals surface area contributed by atoms with Crippen molar-refractivity contribution in [2.24, 2.45) is 5.92 Å². The molecular weight excluding hydrogens is 298 g/mol. The molecule has 6 heteroatoms. The number of hydrogen-bond acceptors (Lipinski definition) is 2. The minimum atomic E-state index is -2.81. The SMILES string of the molecule is O=C(O)C1Cc2cc(Br)ccc2OC1C(F)F. The molecule has 0 saturated heterocycles. The van der Waals surface area contributed by atoms with Gasteiger partial charge in [-0.25, -0.2) is 8.78 Å². The van der Waals surface area contributed by atoms with Gasteiger partial charge in [-0.3, -0.25) is 4.79 Å². The molecule has 0 saturated carbocycles. The molecule has 1 aromatic carbocycles. The van der Waals surface area contributed by atoms with Gasteiger partial charge in [0.15, 0.2) is 6.10 Å². The average molecular weight is 307 g/mol. The van der Waals surface area contributed by atoms with Gasteiger partial charge in [-0.15, -0.1) is 0 Å². The molecule has 0 spiro atoms. The van der Waals surface area contributed by atoms with Crippen molar-refractivity contribution in [1.82, 2.24) is 0 Å². The molecule has 0 fully saturated rings. The van der Waals surface area contributed by atoms with Gasteiger partial charge < -0.3 is 9.84 Å². The second kappa shape index (κ2) is 4.60. The largest absolute Gasteiger partial charge is 0.483 e. The number of halogens is 3. The molecule has 1 heterocycles. The van der Waals surface area contributed by atoms with E-state index < -0.39 is 24.4 Å². The Morgan fingerprint density at radius 2 is 2.24 bits per heavy atom. The second-order valence-electron chi connectivity index (χ2n) is 3.82. The van der Waals surface area contributed by atoms with Crippen LogP contribution in [0.3, 0.4) is 0 Å². The van der Waals surface area contributed by atoms with Crippen LogP contribution in [0.2, 0.25) is 0 Å². The lowest BCUT2D eigenvalue weighted by molar-refractivity contribution is -0.150. The molecule has 1 aromatic rings. The maximum absolute atomic E-state index is 12.7. The first-order valence-corrected chi connectivity index (χ1v) is 5.74. The van der Waals surface area contributed by atoms with Gasteiger partial charge in [0.25, 0.3) is 6.43 Å². The van der Waals surface area contributed by atoms with E-state index in [1.54, 1.807) is 18.2 Å². The fraction of sp³-hybridized carbons (Fsp3) is 0.364. The molecule has 1 aliphatic rings. The van der Waals surface area contributed by atoms with Crippen LogP contribution in [0.25, 0.3) is 0 Å². The predicted molar refractivity (Wildman–Crippen MR) is 59.4 cm³/mol. The summed E-state index contributed by atoms with van der Waals surface area (Å²) in [5.41, 5.74) is 0.628. The first-order chi connectivity index (χ1) is 7.99. The van der Waals surface area contributed by atoms with Crippen LogP contribution in [-0.4, -0.2) is 23.6 Å². The zero-order valence-corrected chi connectivity index (χ0v) is 10.2. The summed E-state index contributed by atoms with van der Waals surface area (Å²) in [5, 5.41) is 8.93. The monoisotopic (exact) mass is 306 g/mol. The number of rotatable bonds is 2. The lowest BCUT2D eigenvalue weighted by atomic mass is 9.91. The van der Waals surface area contributed by atoms with Crippen LogP contribution in [0, 0.1) is 5.92 Å². The van der Waals surface area contributed by atoms with E-state index in [1.165, 1.54) is 0 Å². The molecule has 3 nitrogen and oxygen atoms in total. The van der Waals surface area contributed by atoms with Crippen molar-refractivity contribution in [2.75, 3.05) is 0 Å². The molecule has 0 bridgehead atoms. The number of fused-ring (bicyclic) bond motifs is 1. The molecule has 92 valence electrons. The molecule has 2 unspecified atom stereocenters. The van der Waals surface area contributed by atoms with Gasteiger partial charge >= 0.3 is 5.97 Å². The average Bonchev–Trinajstić information content (AvgIpc) is 2.26. The number of alkyl halides is 2. The molecule has 1 aliphatic heterocycles. The minimum absolute atomic E-state index is 0.0547. The molecular formula is C11H9BrF2O3. The third kappa shape index (κ3) is 2.41. The summed E-state index contributed by atoms with van der Waals surface area (Å²) in [4.78, 5) is 10.9. The third-order valence-corrected chi connectivity index (χ3v) is 3.18. The molecule has 17 heavy (non-hydrogen) atoms. The maximum atomic E-state index is 12.7. The predicted octanol–water partition coefficient (Wildman–Crippen LogP) is 2.72. The molecule has 0 aromatic heterocycles. The van der Waals surface area contributed by atoms with Crippen LogP contribution in [-0.2, 0) is 11.2 Å². The van der Waals surface area contributed by atoms with E-state index in [2.05, 4.69) is 15.9 Å². The number of aliphatic carboxylic acids is 1. The van der Waals surface area contributed by atoms with E-state index in [4.69, 9.17) is 9.84 Å². The molecule has 2 rings (SSSR count). The van der Waals surface area contributed by atoms with E-state index in [-0.39, 0.29) is 6.42 Å². The highest BCUT2D eigenvalue weighted by Gasteiger charge is 2.40. The van der Waals surface area contributed by atoms with Crippen LogP contribution < -0.4 is 4.74 Å². The Hall–Kier alpha value is -1.17. The quantitative estimate of drug-likeness (QED) is 0.914. The third-order valence-electron chi connectivity index (χ3n) is 2.69. The van der Waals surface area contributed by atoms with Crippen molar-refractivity contribution in [3.05, 3.63) is 28.2 Å². The fourth-order valence-electron chi connectivity index (χ4n) is 1.86. The smallest absolute Gasteiger partial charge is 0.310 e. The van der Waals surface area contributed by atoms with Gasteiger partial charge in [0, 0.05) is 4.47 Å². The lowest BCUT2D eigenvalue weighted by Gasteiger charge is -2.30. The first kappa shape index (κ1) is 12.3. The number of carboxylic acid groups (broad SMARTS) is 1. The summed E-state index contributed by atoms with van der Waals surface area (Å²) in [6, 6.07) is 4.92. The minimum Gasteiger partial charge on any atom is -0.483 e. The van der Waals surface area contributed by atoms with E-state index in [9.17, 15) is 13.6 Å². The number of benzene rings is 1. The number of carbonyl (C=O) groups is 1. The van der Waals surface area contributed by atoms with Crippen molar-refractivity contribution in [2.45, 2.75) is 19.0 Å². The van der Waals surface area contributed by atoms with E-state index in [0.717, 1.165) is 4.47 Å². The van der Waals surface area contributed by atoms with Crippen LogP contribution in [0.15, 0.2) is 22.7 Å². The van der Waals surface area contributed by atoms with Gasteiger partial charge in [-0.05, 0) is 30.2 Å². The highest BCUT2D eigenvalue weighted by Crippen LogP contribution is 2.35. The topological polar surface area (TPSA) is 46.5 Å². The molecule has 0 amide bonds. The van der Waals surface area contributed by atoms with Gasteiger partial charge in [0.2, 0.25) is 0 Å². The Morgan fingerprint density at radius 1 is 1.53 bits per heavy atom. The lowest BCUT2D eigenvalue weighted by Crippen LogP contribution is -2.42. The summed E-state index contributed by atoms with van der Waals surface area (Å²) in [6.45, 7) is 0. The Labute approximate surface area is 105 Å². The standard InChI is InChI=1S/C11H9BrF2O3/c12-6-1-2-8-5(3-6)4-7(11(15)16)9(17-8)10(13)14/h1-3,7,9-10H,4H2,(H,15,16). The summed E-state index contributed by atoms with van der Waals surface area (Å²) in [7, 11) is 0. The van der Waals surface area contributed by atoms with Crippen LogP contribution >= 0.6 is 15.9 Å². The fourth-order valence-corrected chi connectivity index (χ4v) is 2.27. The second-order valence-corrected chi connectivity index (χ2v) is 4.73. The number of ether oxygens (including phenoxy) is 1. The summed E-state index contributed by atoms with van der Waals surface area (Å²) in [5.74, 6) is -2.14. The van der Waals surface area contributed by atoms with Crippen LogP contribution in [0.4, 0.5) is 8.78 Å². The highest BCUT2D eigenvalue weighted by molar-refractivity contribution is 9.10. The summed E-state index contributed by atoms with van der Waals surface area (Å²) >= 11 is 3.24. The zero-order chi connectivity index (χ0) is 12.6. The van der Waals surface area contributed by atoms with Crippen molar-refractivity contribution in [3.8, 4) is 5.75 Å². The maximum Gasteiger partial charge on any atom is 0.310 e. The van der Waals surface area contributed by atoms with Gasteiger partial charge in [-0.2, -0.15) is 0 Å². The van der Waals surface area contributed by atoms with Gasteiger partial charge in [0.1, 0.15) is 11.7 Å². The highest BCUT2D eigenvalue weighted by atomic mass is 79.9. The van der Waals surface area contributed by atoms with Crippen LogP contribution in [0.5, 0.6) is 5.75 Å². The van der Waals surface area contributed by atoms with E-state index in [1.807, 2.05) is 0 Å². The molecule has 2 atom stereocenters. The molecule has 0 radical (unpaired) electrons. The van der Waals surface area contributed by atoms with Gasteiger partial charge in [0.05, 0.1) is 0 Å². The van der Waals surface area contributed by atoms with Crippen molar-refractivity contribution in [1.29, 1.82) is 0 Å². The van der Waals surface area contributed by atoms with Crippen molar-refractivity contribution >= 4 is 21.9 Å². The van der Waals surface area contributed by atoms with Crippen molar-refractivity contribution < 1.29 is 23.4 Å². The van der Waals surface area contributed by atoms with Gasteiger partial charge in [-0.1, -0.05) is 15.9 Å². The number of hydrogen-bond donors (Lipinski definition) is 1. The Bertz CT molecular complexity index is 450. The first-order valence-electron chi connectivity index (χ1n) is 4.95. The van der Waals surface area contributed by atoms with Crippen LogP contribution in [0.1, 0.15) is 5.56 Å². The van der Waals surface area contributed by atoms with E-state index >= 15 is 0 Å². The number of carboxylic acids is 1. The summed E-state index contributed by atoms with van der Waals surface area (Å²) in [6.07, 6.45) is -4.34. The Morgan fingerprint density at radius 3 is 2.82 bits per heavy atom. The summed E-state index contributed by atoms with van der Waals surface area (Å²) < 4.78 is 31.2.